The molecule has 2 fully saturated rings. The van der Waals surface area contributed by atoms with Gasteiger partial charge in [0.2, 0.25) is 5.91 Å². The molecule has 3 atom stereocenters. The highest BCUT2D eigenvalue weighted by Gasteiger charge is 2.49. The molecule has 0 bridgehead atoms. The van der Waals surface area contributed by atoms with E-state index in [1.807, 2.05) is 25.3 Å². The molecule has 3 heterocycles. The number of amides is 1. The third kappa shape index (κ3) is 3.94. The number of carbonyl (C=O) groups is 1. The number of anilines is 1. The molecule has 0 aliphatic carbocycles. The molecule has 0 unspecified atom stereocenters. The van der Waals surface area contributed by atoms with E-state index in [0.717, 1.165) is 31.1 Å². The van der Waals surface area contributed by atoms with Gasteiger partial charge in [-0.3, -0.25) is 9.78 Å². The average Bonchev–Trinajstić information content (AvgIpc) is 3.30. The minimum Gasteiger partial charge on any atom is -0.497 e. The fraction of sp³-hybridized carbons (Fsp3) is 0.478. The minimum absolute atomic E-state index is 0.0863. The highest BCUT2D eigenvalue weighted by atomic mass is 16.5. The molecule has 29 heavy (non-hydrogen) atoms. The Bertz CT molecular complexity index is 855. The minimum atomic E-state index is 0.0863. The number of nitrogens with zero attached hydrogens (tertiary/aromatic N) is 3. The normalized spacial score (nSPS) is 23.3. The fourth-order valence-electron chi connectivity index (χ4n) is 4.80. The van der Waals surface area contributed by atoms with Crippen LogP contribution in [0.25, 0.3) is 0 Å². The van der Waals surface area contributed by atoms with Gasteiger partial charge in [-0.05, 0) is 36.8 Å². The molecule has 4 rings (SSSR count). The van der Waals surface area contributed by atoms with Crippen molar-refractivity contribution in [2.24, 2.45) is 11.8 Å². The molecular formula is C23H29N3O3. The Hall–Kier alpha value is -2.60. The molecule has 2 aliphatic heterocycles. The summed E-state index contributed by atoms with van der Waals surface area (Å²) in [5, 5.41) is 0. The first-order chi connectivity index (χ1) is 14.1. The number of likely N-dealkylation sites (tertiary alicyclic amines) is 1. The van der Waals surface area contributed by atoms with Crippen molar-refractivity contribution in [1.29, 1.82) is 0 Å². The smallest absolute Gasteiger partial charge is 0.225 e. The molecule has 154 valence electrons. The van der Waals surface area contributed by atoms with Gasteiger partial charge in [0.15, 0.2) is 0 Å². The van der Waals surface area contributed by atoms with Crippen LogP contribution < -0.4 is 9.64 Å². The van der Waals surface area contributed by atoms with Gasteiger partial charge in [-0.15, -0.1) is 0 Å². The van der Waals surface area contributed by atoms with E-state index in [4.69, 9.17) is 9.47 Å². The second-order valence-electron chi connectivity index (χ2n) is 7.99. The molecule has 0 radical (unpaired) electrons. The molecular weight excluding hydrogens is 366 g/mol. The lowest BCUT2D eigenvalue weighted by Gasteiger charge is -2.30. The first-order valence-electron chi connectivity index (χ1n) is 10.2. The number of hydrogen-bond acceptors (Lipinski definition) is 5. The monoisotopic (exact) mass is 395 g/mol. The van der Waals surface area contributed by atoms with E-state index in [-0.39, 0.29) is 11.9 Å². The first-order valence-corrected chi connectivity index (χ1v) is 10.2. The molecule has 6 nitrogen and oxygen atoms in total. The van der Waals surface area contributed by atoms with Crippen molar-refractivity contribution in [2.45, 2.75) is 19.4 Å². The number of rotatable bonds is 6. The van der Waals surface area contributed by atoms with Gasteiger partial charge in [0.1, 0.15) is 5.75 Å². The molecule has 1 aromatic carbocycles. The molecule has 2 aromatic rings. The summed E-state index contributed by atoms with van der Waals surface area (Å²) >= 11 is 0. The zero-order valence-corrected chi connectivity index (χ0v) is 17.4. The van der Waals surface area contributed by atoms with Gasteiger partial charge < -0.3 is 19.3 Å². The van der Waals surface area contributed by atoms with Crippen molar-refractivity contribution in [1.82, 2.24) is 9.88 Å². The Morgan fingerprint density at radius 1 is 1.14 bits per heavy atom. The molecule has 6 heteroatoms. The van der Waals surface area contributed by atoms with E-state index in [0.29, 0.717) is 24.9 Å². The number of methoxy groups -OCH3 is 2. The van der Waals surface area contributed by atoms with Gasteiger partial charge in [-0.2, -0.15) is 0 Å². The molecule has 0 N–H and O–H groups in total. The molecule has 2 aliphatic rings. The summed E-state index contributed by atoms with van der Waals surface area (Å²) in [5.41, 5.74) is 3.43. The molecule has 0 spiro atoms. The molecule has 1 amide bonds. The highest BCUT2D eigenvalue weighted by Crippen LogP contribution is 2.46. The fourth-order valence-corrected chi connectivity index (χ4v) is 4.80. The lowest BCUT2D eigenvalue weighted by Crippen LogP contribution is -2.36. The standard InChI is InChI=1S/C23H29N3O3/c1-16-12-19(8-10-24-16)25-13-18-14-26(22(27)9-11-28-2)23(21(18)15-25)17-4-6-20(29-3)7-5-17/h4-8,10,12,18,21,23H,9,11,13-15H2,1-3H3/t18-,21-,23-/m0/s1. The maximum Gasteiger partial charge on any atom is 0.225 e. The van der Waals surface area contributed by atoms with Crippen molar-refractivity contribution in [3.8, 4) is 5.75 Å². The maximum absolute atomic E-state index is 12.9. The Balaban J connectivity index is 1.60. The maximum atomic E-state index is 12.9. The van der Waals surface area contributed by atoms with E-state index >= 15 is 0 Å². The number of pyridine rings is 1. The van der Waals surface area contributed by atoms with Crippen LogP contribution in [0.4, 0.5) is 5.69 Å². The highest BCUT2D eigenvalue weighted by molar-refractivity contribution is 5.77. The van der Waals surface area contributed by atoms with Crippen molar-refractivity contribution in [2.75, 3.05) is 45.4 Å². The summed E-state index contributed by atoms with van der Waals surface area (Å²) < 4.78 is 10.5. The van der Waals surface area contributed by atoms with Crippen molar-refractivity contribution < 1.29 is 14.3 Å². The largest absolute Gasteiger partial charge is 0.497 e. The Morgan fingerprint density at radius 3 is 2.62 bits per heavy atom. The Kier molecular flexibility index (Phi) is 5.72. The van der Waals surface area contributed by atoms with E-state index < -0.39 is 0 Å². The van der Waals surface area contributed by atoms with Gasteiger partial charge in [-0.1, -0.05) is 12.1 Å². The summed E-state index contributed by atoms with van der Waals surface area (Å²) in [5.74, 6) is 1.87. The SMILES string of the molecule is COCCC(=O)N1C[C@@H]2CN(c3ccnc(C)c3)C[C@@H]2[C@@H]1c1ccc(OC)cc1. The second kappa shape index (κ2) is 8.41. The van der Waals surface area contributed by atoms with Gasteiger partial charge in [0, 0.05) is 56.2 Å². The number of ether oxygens (including phenoxy) is 2. The molecule has 1 aromatic heterocycles. The predicted molar refractivity (Wildman–Crippen MR) is 112 cm³/mol. The van der Waals surface area contributed by atoms with E-state index in [1.54, 1.807) is 14.2 Å². The van der Waals surface area contributed by atoms with Crippen LogP contribution in [0.5, 0.6) is 5.75 Å². The number of carbonyl (C=O) groups excluding carboxylic acids is 1. The summed E-state index contributed by atoms with van der Waals surface area (Å²) in [6, 6.07) is 12.5. The third-order valence-corrected chi connectivity index (χ3v) is 6.21. The van der Waals surface area contributed by atoms with Crippen LogP contribution in [-0.4, -0.2) is 56.3 Å². The summed E-state index contributed by atoms with van der Waals surface area (Å²) in [7, 11) is 3.31. The molecule has 0 saturated carbocycles. The Labute approximate surface area is 172 Å². The van der Waals surface area contributed by atoms with E-state index in [1.165, 1.54) is 11.3 Å². The second-order valence-corrected chi connectivity index (χ2v) is 7.99. The van der Waals surface area contributed by atoms with Gasteiger partial charge in [0.05, 0.1) is 26.2 Å². The first kappa shape index (κ1) is 19.7. The Morgan fingerprint density at radius 2 is 1.93 bits per heavy atom. The number of fused-ring (bicyclic) bond motifs is 1. The van der Waals surface area contributed by atoms with Gasteiger partial charge in [0.25, 0.3) is 0 Å². The predicted octanol–water partition coefficient (Wildman–Crippen LogP) is 3.07. The number of benzene rings is 1. The quantitative estimate of drug-likeness (QED) is 0.752. The summed E-state index contributed by atoms with van der Waals surface area (Å²) in [4.78, 5) is 21.8. The third-order valence-electron chi connectivity index (χ3n) is 6.21. The van der Waals surface area contributed by atoms with Gasteiger partial charge >= 0.3 is 0 Å². The van der Waals surface area contributed by atoms with Crippen LogP contribution in [0.15, 0.2) is 42.6 Å². The van der Waals surface area contributed by atoms with E-state index in [9.17, 15) is 4.79 Å². The molecule has 2 saturated heterocycles. The number of hydrogen-bond donors (Lipinski definition) is 0. The van der Waals surface area contributed by atoms with Crippen LogP contribution in [0.1, 0.15) is 23.7 Å². The van der Waals surface area contributed by atoms with Gasteiger partial charge in [-0.25, -0.2) is 0 Å². The zero-order chi connectivity index (χ0) is 20.4. The number of aromatic nitrogens is 1. The topological polar surface area (TPSA) is 54.9 Å². The van der Waals surface area contributed by atoms with Crippen LogP contribution in [0, 0.1) is 18.8 Å². The average molecular weight is 396 g/mol. The van der Waals surface area contributed by atoms with Crippen LogP contribution in [-0.2, 0) is 9.53 Å². The lowest BCUT2D eigenvalue weighted by molar-refractivity contribution is -0.133. The van der Waals surface area contributed by atoms with E-state index in [2.05, 4.69) is 39.0 Å². The van der Waals surface area contributed by atoms with Crippen molar-refractivity contribution >= 4 is 11.6 Å². The van der Waals surface area contributed by atoms with Crippen molar-refractivity contribution in [3.05, 3.63) is 53.9 Å². The number of aryl methyl sites for hydroxylation is 1. The van der Waals surface area contributed by atoms with Crippen molar-refractivity contribution in [3.63, 3.8) is 0 Å². The van der Waals surface area contributed by atoms with Crippen LogP contribution >= 0.6 is 0 Å². The summed E-state index contributed by atoms with van der Waals surface area (Å²) in [6.07, 6.45) is 2.30. The summed E-state index contributed by atoms with van der Waals surface area (Å²) in [6.45, 7) is 5.19. The lowest BCUT2D eigenvalue weighted by atomic mass is 9.89. The van der Waals surface area contributed by atoms with Crippen LogP contribution in [0.2, 0.25) is 0 Å². The zero-order valence-electron chi connectivity index (χ0n) is 17.4. The van der Waals surface area contributed by atoms with Crippen LogP contribution in [0.3, 0.4) is 0 Å².